The second-order valence-electron chi connectivity index (χ2n) is 6.52. The van der Waals surface area contributed by atoms with E-state index in [1.165, 1.54) is 0 Å². The van der Waals surface area contributed by atoms with Crippen molar-refractivity contribution in [1.82, 2.24) is 5.32 Å². The van der Waals surface area contributed by atoms with E-state index in [4.69, 9.17) is 4.74 Å². The number of hydrogen-bond acceptors (Lipinski definition) is 4. The summed E-state index contributed by atoms with van der Waals surface area (Å²) in [5.41, 5.74) is -0.965. The zero-order valence-corrected chi connectivity index (χ0v) is 14.3. The zero-order chi connectivity index (χ0) is 18.1. The van der Waals surface area contributed by atoms with Crippen LogP contribution in [0, 0.1) is 17.5 Å². The standard InChI is InChI=1S/C16H18F3NO3S/c1-16(2,3)23-15(22)20-12-6-9(21)7-24-14(12)10-4-8(17)5-11(18)13(10)19/h4-5,12,14H,6-7H2,1-3H3,(H,20,22)/t12-,14?/m0/s1. The van der Waals surface area contributed by atoms with Crippen molar-refractivity contribution in [2.75, 3.05) is 5.75 Å². The lowest BCUT2D eigenvalue weighted by atomic mass is 9.99. The molecule has 0 radical (unpaired) electrons. The molecule has 0 bridgehead atoms. The predicted octanol–water partition coefficient (Wildman–Crippen LogP) is 3.74. The summed E-state index contributed by atoms with van der Waals surface area (Å²) in [6, 6.07) is 0.519. The number of rotatable bonds is 2. The molecule has 1 heterocycles. The van der Waals surface area contributed by atoms with Gasteiger partial charge in [0.15, 0.2) is 11.6 Å². The zero-order valence-electron chi connectivity index (χ0n) is 13.5. The van der Waals surface area contributed by atoms with Crippen molar-refractivity contribution in [2.24, 2.45) is 0 Å². The van der Waals surface area contributed by atoms with Gasteiger partial charge in [0.05, 0.1) is 17.0 Å². The molecule has 0 aromatic heterocycles. The summed E-state index contributed by atoms with van der Waals surface area (Å²) in [5.74, 6) is -3.47. The van der Waals surface area contributed by atoms with E-state index >= 15 is 0 Å². The molecule has 1 saturated heterocycles. The molecule has 1 aromatic carbocycles. The first kappa shape index (κ1) is 18.6. The summed E-state index contributed by atoms with van der Waals surface area (Å²) in [7, 11) is 0. The molecule has 1 fully saturated rings. The molecule has 0 saturated carbocycles. The van der Waals surface area contributed by atoms with Crippen LogP contribution in [0.3, 0.4) is 0 Å². The van der Waals surface area contributed by atoms with E-state index in [0.717, 1.165) is 17.8 Å². The number of benzene rings is 1. The largest absolute Gasteiger partial charge is 0.444 e. The topological polar surface area (TPSA) is 55.4 Å². The number of alkyl carbamates (subject to hydrolysis) is 1. The Labute approximate surface area is 142 Å². The van der Waals surface area contributed by atoms with Crippen LogP contribution in [0.25, 0.3) is 0 Å². The van der Waals surface area contributed by atoms with Crippen LogP contribution in [0.5, 0.6) is 0 Å². The minimum Gasteiger partial charge on any atom is -0.444 e. The second-order valence-corrected chi connectivity index (χ2v) is 7.65. The number of carbonyl (C=O) groups is 2. The van der Waals surface area contributed by atoms with Gasteiger partial charge in [-0.3, -0.25) is 4.79 Å². The smallest absolute Gasteiger partial charge is 0.407 e. The molecule has 4 nitrogen and oxygen atoms in total. The minimum absolute atomic E-state index is 0.0610. The van der Waals surface area contributed by atoms with Crippen LogP contribution in [0.2, 0.25) is 0 Å². The average Bonchev–Trinajstić information content (AvgIpc) is 2.41. The normalized spacial score (nSPS) is 21.5. The summed E-state index contributed by atoms with van der Waals surface area (Å²) >= 11 is 1.03. The molecule has 8 heteroatoms. The van der Waals surface area contributed by atoms with E-state index in [1.54, 1.807) is 20.8 Å². The van der Waals surface area contributed by atoms with E-state index in [9.17, 15) is 22.8 Å². The molecular formula is C16H18F3NO3S. The van der Waals surface area contributed by atoms with E-state index in [-0.39, 0.29) is 23.5 Å². The van der Waals surface area contributed by atoms with Crippen LogP contribution in [0.1, 0.15) is 38.0 Å². The molecule has 2 rings (SSSR count). The molecule has 1 aromatic rings. The Hall–Kier alpha value is -1.70. The molecule has 1 unspecified atom stereocenters. The second kappa shape index (κ2) is 7.04. The highest BCUT2D eigenvalue weighted by molar-refractivity contribution is 8.00. The molecule has 1 aliphatic rings. The van der Waals surface area contributed by atoms with Crippen LogP contribution < -0.4 is 5.32 Å². The number of nitrogens with one attached hydrogen (secondary N) is 1. The van der Waals surface area contributed by atoms with Gasteiger partial charge in [-0.15, -0.1) is 11.8 Å². The van der Waals surface area contributed by atoms with Crippen molar-refractivity contribution in [2.45, 2.75) is 44.1 Å². The third-order valence-corrected chi connectivity index (χ3v) is 4.70. The number of carbonyl (C=O) groups excluding carboxylic acids is 2. The molecule has 0 aliphatic carbocycles. The first-order valence-electron chi connectivity index (χ1n) is 7.34. The summed E-state index contributed by atoms with van der Waals surface area (Å²) < 4.78 is 46.1. The van der Waals surface area contributed by atoms with Gasteiger partial charge in [-0.05, 0) is 26.8 Å². The van der Waals surface area contributed by atoms with Crippen LogP contribution in [0.15, 0.2) is 12.1 Å². The van der Waals surface area contributed by atoms with E-state index in [0.29, 0.717) is 6.07 Å². The third-order valence-electron chi connectivity index (χ3n) is 3.27. The Kier molecular flexibility index (Phi) is 5.47. The monoisotopic (exact) mass is 361 g/mol. The number of ether oxygens (including phenoxy) is 1. The SMILES string of the molecule is CC(C)(C)OC(=O)N[C@H]1CC(=O)CSC1c1cc(F)cc(F)c1F. The maximum absolute atomic E-state index is 14.1. The van der Waals surface area contributed by atoms with Gasteiger partial charge in [0.25, 0.3) is 0 Å². The van der Waals surface area contributed by atoms with E-state index < -0.39 is 40.4 Å². The predicted molar refractivity (Wildman–Crippen MR) is 84.3 cm³/mol. The fourth-order valence-electron chi connectivity index (χ4n) is 2.39. The molecule has 2 atom stereocenters. The van der Waals surface area contributed by atoms with Crippen LogP contribution in [-0.4, -0.2) is 29.3 Å². The van der Waals surface area contributed by atoms with Crippen molar-refractivity contribution in [3.8, 4) is 0 Å². The van der Waals surface area contributed by atoms with Gasteiger partial charge in [0.1, 0.15) is 17.2 Å². The van der Waals surface area contributed by atoms with Crippen molar-refractivity contribution in [1.29, 1.82) is 0 Å². The number of hydrogen-bond donors (Lipinski definition) is 1. The number of thioether (sulfide) groups is 1. The number of ketones is 1. The van der Waals surface area contributed by atoms with Crippen molar-refractivity contribution in [3.63, 3.8) is 0 Å². The fraction of sp³-hybridized carbons (Fsp3) is 0.500. The fourth-order valence-corrected chi connectivity index (χ4v) is 3.62. The Morgan fingerprint density at radius 1 is 1.29 bits per heavy atom. The Bertz CT molecular complexity index is 661. The molecule has 1 amide bonds. The third kappa shape index (κ3) is 4.66. The maximum atomic E-state index is 14.1. The van der Waals surface area contributed by atoms with Crippen LogP contribution in [0.4, 0.5) is 18.0 Å². The van der Waals surface area contributed by atoms with Gasteiger partial charge in [-0.2, -0.15) is 0 Å². The lowest BCUT2D eigenvalue weighted by molar-refractivity contribution is -0.117. The number of amides is 1. The highest BCUT2D eigenvalue weighted by atomic mass is 32.2. The average molecular weight is 361 g/mol. The summed E-state index contributed by atoms with van der Waals surface area (Å²) in [5, 5.41) is 1.71. The maximum Gasteiger partial charge on any atom is 0.407 e. The van der Waals surface area contributed by atoms with Gasteiger partial charge in [0, 0.05) is 18.1 Å². The molecule has 24 heavy (non-hydrogen) atoms. The highest BCUT2D eigenvalue weighted by Crippen LogP contribution is 2.39. The van der Waals surface area contributed by atoms with Crippen LogP contribution >= 0.6 is 11.8 Å². The Morgan fingerprint density at radius 3 is 2.58 bits per heavy atom. The first-order valence-corrected chi connectivity index (χ1v) is 8.39. The number of Topliss-reactive ketones (excluding diaryl/α,β-unsaturated/α-hetero) is 1. The Balaban J connectivity index is 2.26. The van der Waals surface area contributed by atoms with Crippen molar-refractivity contribution >= 4 is 23.6 Å². The van der Waals surface area contributed by atoms with Crippen LogP contribution in [-0.2, 0) is 9.53 Å². The Morgan fingerprint density at radius 2 is 1.96 bits per heavy atom. The van der Waals surface area contributed by atoms with Gasteiger partial charge >= 0.3 is 6.09 Å². The van der Waals surface area contributed by atoms with Crippen molar-refractivity contribution < 1.29 is 27.5 Å². The molecule has 1 aliphatic heterocycles. The molecular weight excluding hydrogens is 343 g/mol. The van der Waals surface area contributed by atoms with Gasteiger partial charge in [-0.25, -0.2) is 18.0 Å². The van der Waals surface area contributed by atoms with E-state index in [1.807, 2.05) is 0 Å². The van der Waals surface area contributed by atoms with E-state index in [2.05, 4.69) is 5.32 Å². The lowest BCUT2D eigenvalue weighted by Gasteiger charge is -2.32. The van der Waals surface area contributed by atoms with Gasteiger partial charge in [-0.1, -0.05) is 0 Å². The summed E-state index contributed by atoms with van der Waals surface area (Å²) in [6.07, 6.45) is -0.834. The summed E-state index contributed by atoms with van der Waals surface area (Å²) in [4.78, 5) is 23.6. The lowest BCUT2D eigenvalue weighted by Crippen LogP contribution is -2.45. The summed E-state index contributed by atoms with van der Waals surface area (Å²) in [6.45, 7) is 5.02. The van der Waals surface area contributed by atoms with Gasteiger partial charge in [0.2, 0.25) is 0 Å². The number of halogens is 3. The first-order chi connectivity index (χ1) is 11.1. The van der Waals surface area contributed by atoms with Gasteiger partial charge < -0.3 is 10.1 Å². The minimum atomic E-state index is -1.31. The quantitative estimate of drug-likeness (QED) is 0.816. The molecule has 132 valence electrons. The van der Waals surface area contributed by atoms with Crippen molar-refractivity contribution in [3.05, 3.63) is 35.1 Å². The molecule has 1 N–H and O–H groups in total. The highest BCUT2D eigenvalue weighted by Gasteiger charge is 2.35. The molecule has 0 spiro atoms.